The lowest BCUT2D eigenvalue weighted by Gasteiger charge is -2.34. The molecule has 1 aromatic carbocycles. The summed E-state index contributed by atoms with van der Waals surface area (Å²) < 4.78 is 1.72. The summed E-state index contributed by atoms with van der Waals surface area (Å²) in [7, 11) is 0. The van der Waals surface area contributed by atoms with Crippen molar-refractivity contribution in [3.8, 4) is 0 Å². The molecule has 0 atom stereocenters. The van der Waals surface area contributed by atoms with E-state index in [2.05, 4.69) is 24.8 Å². The van der Waals surface area contributed by atoms with Gasteiger partial charge >= 0.3 is 0 Å². The van der Waals surface area contributed by atoms with Gasteiger partial charge in [-0.3, -0.25) is 9.59 Å². The predicted molar refractivity (Wildman–Crippen MR) is 123 cm³/mol. The van der Waals surface area contributed by atoms with Crippen LogP contribution in [0.25, 0.3) is 11.0 Å². The molecule has 0 unspecified atom stereocenters. The third kappa shape index (κ3) is 4.02. The summed E-state index contributed by atoms with van der Waals surface area (Å²) in [5.74, 6) is 1.27. The number of nitrogens with zero attached hydrogens (tertiary/aromatic N) is 7. The van der Waals surface area contributed by atoms with Crippen molar-refractivity contribution in [2.45, 2.75) is 25.8 Å². The topological polar surface area (TPSA) is 87.5 Å². The third-order valence-electron chi connectivity index (χ3n) is 6.26. The molecule has 2 aliphatic heterocycles. The number of aromatic nitrogens is 4. The molecular weight excluding hydrogens is 406 g/mol. The lowest BCUT2D eigenvalue weighted by atomic mass is 10.2. The van der Waals surface area contributed by atoms with Crippen LogP contribution in [-0.4, -0.2) is 69.6 Å². The maximum Gasteiger partial charge on any atom is 0.294 e. The first-order valence-electron chi connectivity index (χ1n) is 11.2. The minimum atomic E-state index is -0.107. The number of benzene rings is 1. The Labute approximate surface area is 186 Å². The van der Waals surface area contributed by atoms with Crippen LogP contribution in [0, 0.1) is 0 Å². The van der Waals surface area contributed by atoms with Crippen molar-refractivity contribution in [2.75, 3.05) is 49.1 Å². The second-order valence-electron chi connectivity index (χ2n) is 8.24. The van der Waals surface area contributed by atoms with Gasteiger partial charge in [0.05, 0.1) is 11.0 Å². The second-order valence-corrected chi connectivity index (χ2v) is 8.24. The summed E-state index contributed by atoms with van der Waals surface area (Å²) in [5.41, 5.74) is 1.46. The highest BCUT2D eigenvalue weighted by molar-refractivity contribution is 5.78. The molecular formula is C23H27N7O2. The zero-order valence-corrected chi connectivity index (χ0v) is 18.1. The maximum atomic E-state index is 13.3. The van der Waals surface area contributed by atoms with E-state index in [4.69, 9.17) is 0 Å². The number of hydrogen-bond acceptors (Lipinski definition) is 7. The number of aryl methyl sites for hydroxylation is 1. The quantitative estimate of drug-likeness (QED) is 0.603. The van der Waals surface area contributed by atoms with Gasteiger partial charge in [0, 0.05) is 64.6 Å². The molecule has 2 aromatic heterocycles. The molecule has 0 saturated carbocycles. The zero-order chi connectivity index (χ0) is 21.9. The maximum absolute atomic E-state index is 13.3. The number of carbonyl (C=O) groups excluding carboxylic acids is 1. The van der Waals surface area contributed by atoms with Gasteiger partial charge in [0.25, 0.3) is 5.56 Å². The van der Waals surface area contributed by atoms with E-state index >= 15 is 0 Å². The van der Waals surface area contributed by atoms with Crippen LogP contribution >= 0.6 is 0 Å². The van der Waals surface area contributed by atoms with Crippen LogP contribution < -0.4 is 15.4 Å². The predicted octanol–water partition coefficient (Wildman–Crippen LogP) is 1.53. The highest BCUT2D eigenvalue weighted by Gasteiger charge is 2.24. The first-order chi connectivity index (χ1) is 15.7. The summed E-state index contributed by atoms with van der Waals surface area (Å²) in [6.45, 7) is 4.72. The number of para-hydroxylation sites is 2. The van der Waals surface area contributed by atoms with Gasteiger partial charge in [0.2, 0.25) is 11.9 Å². The van der Waals surface area contributed by atoms with Crippen LogP contribution in [0.1, 0.15) is 19.3 Å². The lowest BCUT2D eigenvalue weighted by molar-refractivity contribution is -0.131. The van der Waals surface area contributed by atoms with Crippen molar-refractivity contribution in [2.24, 2.45) is 0 Å². The fourth-order valence-electron chi connectivity index (χ4n) is 4.51. The summed E-state index contributed by atoms with van der Waals surface area (Å²) in [6.07, 6.45) is 5.90. The Morgan fingerprint density at radius 3 is 2.34 bits per heavy atom. The summed E-state index contributed by atoms with van der Waals surface area (Å²) in [6, 6.07) is 9.46. The van der Waals surface area contributed by atoms with E-state index in [9.17, 15) is 9.59 Å². The largest absolute Gasteiger partial charge is 0.352 e. The molecule has 0 spiro atoms. The highest BCUT2D eigenvalue weighted by atomic mass is 16.2. The summed E-state index contributed by atoms with van der Waals surface area (Å²) in [4.78, 5) is 45.5. The Hall–Kier alpha value is -3.49. The van der Waals surface area contributed by atoms with Gasteiger partial charge in [-0.05, 0) is 31.0 Å². The van der Waals surface area contributed by atoms with Gasteiger partial charge in [-0.2, -0.15) is 0 Å². The normalized spacial score (nSPS) is 16.7. The molecule has 2 fully saturated rings. The summed E-state index contributed by atoms with van der Waals surface area (Å²) >= 11 is 0. The van der Waals surface area contributed by atoms with Crippen LogP contribution in [0.15, 0.2) is 47.5 Å². The Morgan fingerprint density at radius 2 is 1.59 bits per heavy atom. The average molecular weight is 434 g/mol. The first-order valence-corrected chi connectivity index (χ1v) is 11.2. The number of amides is 1. The number of anilines is 2. The molecule has 1 amide bonds. The number of fused-ring (bicyclic) bond motifs is 1. The van der Waals surface area contributed by atoms with Gasteiger partial charge in [-0.15, -0.1) is 0 Å². The van der Waals surface area contributed by atoms with Gasteiger partial charge in [0.15, 0.2) is 5.82 Å². The number of piperazine rings is 1. The first kappa shape index (κ1) is 20.4. The fraction of sp³-hybridized carbons (Fsp3) is 0.435. The van der Waals surface area contributed by atoms with Crippen LogP contribution in [-0.2, 0) is 11.3 Å². The molecule has 9 nitrogen and oxygen atoms in total. The molecule has 0 radical (unpaired) electrons. The van der Waals surface area contributed by atoms with E-state index in [1.807, 2.05) is 29.2 Å². The van der Waals surface area contributed by atoms with Crippen LogP contribution in [0.4, 0.5) is 11.8 Å². The van der Waals surface area contributed by atoms with Crippen molar-refractivity contribution >= 4 is 28.7 Å². The minimum absolute atomic E-state index is 0.0640. The number of carbonyl (C=O) groups is 1. The van der Waals surface area contributed by atoms with E-state index in [1.54, 1.807) is 23.0 Å². The average Bonchev–Trinajstić information content (AvgIpc) is 3.38. The Bertz CT molecular complexity index is 1150. The molecule has 4 heterocycles. The number of rotatable bonds is 5. The molecule has 2 saturated heterocycles. The Balaban J connectivity index is 1.29. The van der Waals surface area contributed by atoms with Gasteiger partial charge in [0.1, 0.15) is 0 Å². The van der Waals surface area contributed by atoms with E-state index in [1.165, 1.54) is 0 Å². The van der Waals surface area contributed by atoms with Crippen molar-refractivity contribution in [3.05, 3.63) is 53.1 Å². The number of hydrogen-bond donors (Lipinski definition) is 0. The molecule has 5 rings (SSSR count). The molecule has 0 aliphatic carbocycles. The van der Waals surface area contributed by atoms with Crippen LogP contribution in [0.5, 0.6) is 0 Å². The van der Waals surface area contributed by atoms with E-state index in [0.29, 0.717) is 44.5 Å². The van der Waals surface area contributed by atoms with Crippen molar-refractivity contribution in [1.29, 1.82) is 0 Å². The molecule has 166 valence electrons. The molecule has 9 heteroatoms. The van der Waals surface area contributed by atoms with Gasteiger partial charge in [-0.1, -0.05) is 12.1 Å². The van der Waals surface area contributed by atoms with E-state index in [0.717, 1.165) is 37.0 Å². The minimum Gasteiger partial charge on any atom is -0.352 e. The highest BCUT2D eigenvalue weighted by Crippen LogP contribution is 2.19. The van der Waals surface area contributed by atoms with E-state index < -0.39 is 0 Å². The van der Waals surface area contributed by atoms with Gasteiger partial charge < -0.3 is 19.3 Å². The Morgan fingerprint density at radius 1 is 0.875 bits per heavy atom. The smallest absolute Gasteiger partial charge is 0.294 e. The van der Waals surface area contributed by atoms with Crippen molar-refractivity contribution < 1.29 is 4.79 Å². The second kappa shape index (κ2) is 8.94. The van der Waals surface area contributed by atoms with Crippen LogP contribution in [0.3, 0.4) is 0 Å². The molecule has 0 N–H and O–H groups in total. The summed E-state index contributed by atoms with van der Waals surface area (Å²) in [5, 5.41) is 0. The molecule has 3 aromatic rings. The third-order valence-corrected chi connectivity index (χ3v) is 6.26. The molecule has 0 bridgehead atoms. The van der Waals surface area contributed by atoms with Gasteiger partial charge in [-0.25, -0.2) is 15.0 Å². The van der Waals surface area contributed by atoms with Crippen molar-refractivity contribution in [1.82, 2.24) is 24.4 Å². The monoisotopic (exact) mass is 433 g/mol. The molecule has 2 aliphatic rings. The van der Waals surface area contributed by atoms with Crippen molar-refractivity contribution in [3.63, 3.8) is 0 Å². The van der Waals surface area contributed by atoms with Crippen LogP contribution in [0.2, 0.25) is 0 Å². The SMILES string of the molecule is O=C(CCn1c(=O)c(N2CCCC2)nc2ccccc21)N1CCN(c2ncccn2)CC1. The zero-order valence-electron chi connectivity index (χ0n) is 18.1. The standard InChI is InChI=1S/C23H27N7O2/c31-20(27-14-16-29(17-15-27)23-24-9-5-10-25-23)8-13-30-19-7-2-1-6-18(19)26-21(22(30)32)28-11-3-4-12-28/h1-2,5-7,9-10H,3-4,8,11-17H2. The Kier molecular flexibility index (Phi) is 5.70. The lowest BCUT2D eigenvalue weighted by Crippen LogP contribution is -2.49. The molecule has 32 heavy (non-hydrogen) atoms. The van der Waals surface area contributed by atoms with E-state index in [-0.39, 0.29) is 17.9 Å². The fourth-order valence-corrected chi connectivity index (χ4v) is 4.51.